The third kappa shape index (κ3) is 3.62. The Labute approximate surface area is 159 Å². The quantitative estimate of drug-likeness (QED) is 0.718. The summed E-state index contributed by atoms with van der Waals surface area (Å²) >= 11 is 0. The largest absolute Gasteiger partial charge is 0.433 e. The second-order valence-corrected chi connectivity index (χ2v) is 6.62. The van der Waals surface area contributed by atoms with Gasteiger partial charge in [0, 0.05) is 30.9 Å². The number of benzene rings is 1. The van der Waals surface area contributed by atoms with Crippen LogP contribution in [0.25, 0.3) is 11.3 Å². The minimum Gasteiger partial charge on any atom is -0.334 e. The van der Waals surface area contributed by atoms with Gasteiger partial charge in [0.05, 0.1) is 16.9 Å². The molecule has 0 fully saturated rings. The van der Waals surface area contributed by atoms with Gasteiger partial charge in [0.2, 0.25) is 0 Å². The van der Waals surface area contributed by atoms with Crippen molar-refractivity contribution < 1.29 is 18.0 Å². The normalized spacial score (nSPS) is 13.8. The number of pyridine rings is 1. The van der Waals surface area contributed by atoms with Gasteiger partial charge in [-0.25, -0.2) is 4.98 Å². The SMILES string of the molecule is O=C(Nc1ccccc1-c1cn2c(n1)CCCC2)c1ccc(C(F)(F)F)nc1. The average Bonchev–Trinajstić information content (AvgIpc) is 3.12. The lowest BCUT2D eigenvalue weighted by molar-refractivity contribution is -0.141. The molecule has 0 saturated heterocycles. The highest BCUT2D eigenvalue weighted by Crippen LogP contribution is 2.30. The number of alkyl halides is 3. The van der Waals surface area contributed by atoms with E-state index in [2.05, 4.69) is 19.9 Å². The summed E-state index contributed by atoms with van der Waals surface area (Å²) in [4.78, 5) is 20.5. The first-order valence-electron chi connectivity index (χ1n) is 8.92. The second kappa shape index (κ2) is 7.10. The number of anilines is 1. The fourth-order valence-corrected chi connectivity index (χ4v) is 3.25. The van der Waals surface area contributed by atoms with Crippen LogP contribution in [0.2, 0.25) is 0 Å². The van der Waals surface area contributed by atoms with E-state index >= 15 is 0 Å². The number of aromatic nitrogens is 3. The topological polar surface area (TPSA) is 59.8 Å². The van der Waals surface area contributed by atoms with Crippen LogP contribution in [0.3, 0.4) is 0 Å². The number of nitrogens with one attached hydrogen (secondary N) is 1. The number of para-hydroxylation sites is 1. The summed E-state index contributed by atoms with van der Waals surface area (Å²) in [5.74, 6) is 0.493. The summed E-state index contributed by atoms with van der Waals surface area (Å²) < 4.78 is 40.0. The van der Waals surface area contributed by atoms with E-state index in [-0.39, 0.29) is 5.56 Å². The van der Waals surface area contributed by atoms with Crippen molar-refractivity contribution in [2.45, 2.75) is 32.0 Å². The summed E-state index contributed by atoms with van der Waals surface area (Å²) in [6.07, 6.45) is 1.50. The van der Waals surface area contributed by atoms with E-state index in [1.54, 1.807) is 12.1 Å². The minimum atomic E-state index is -4.54. The lowest BCUT2D eigenvalue weighted by atomic mass is 10.1. The van der Waals surface area contributed by atoms with Crippen LogP contribution in [0.1, 0.15) is 34.7 Å². The third-order valence-corrected chi connectivity index (χ3v) is 4.68. The van der Waals surface area contributed by atoms with Crippen molar-refractivity contribution in [3.05, 3.63) is 65.9 Å². The van der Waals surface area contributed by atoms with E-state index in [9.17, 15) is 18.0 Å². The van der Waals surface area contributed by atoms with Gasteiger partial charge in [0.15, 0.2) is 0 Å². The van der Waals surface area contributed by atoms with Gasteiger partial charge in [-0.1, -0.05) is 18.2 Å². The molecule has 0 unspecified atom stereocenters. The van der Waals surface area contributed by atoms with E-state index in [0.29, 0.717) is 5.69 Å². The molecule has 0 spiro atoms. The average molecular weight is 386 g/mol. The first kappa shape index (κ1) is 18.2. The van der Waals surface area contributed by atoms with Gasteiger partial charge in [0.25, 0.3) is 5.91 Å². The zero-order valence-electron chi connectivity index (χ0n) is 14.8. The van der Waals surface area contributed by atoms with Crippen LogP contribution in [0.4, 0.5) is 18.9 Å². The zero-order chi connectivity index (χ0) is 19.7. The maximum absolute atomic E-state index is 12.6. The predicted molar refractivity (Wildman–Crippen MR) is 97.8 cm³/mol. The molecule has 28 heavy (non-hydrogen) atoms. The number of amides is 1. The van der Waals surface area contributed by atoms with Crippen LogP contribution in [0.15, 0.2) is 48.8 Å². The molecule has 5 nitrogen and oxygen atoms in total. The fourth-order valence-electron chi connectivity index (χ4n) is 3.25. The van der Waals surface area contributed by atoms with Gasteiger partial charge in [-0.2, -0.15) is 13.2 Å². The second-order valence-electron chi connectivity index (χ2n) is 6.62. The van der Waals surface area contributed by atoms with E-state index < -0.39 is 17.8 Å². The maximum Gasteiger partial charge on any atom is 0.433 e. The monoisotopic (exact) mass is 386 g/mol. The Morgan fingerprint density at radius 3 is 2.64 bits per heavy atom. The van der Waals surface area contributed by atoms with Crippen LogP contribution in [0, 0.1) is 0 Å². The number of hydrogen-bond donors (Lipinski definition) is 1. The number of aryl methyl sites for hydroxylation is 2. The van der Waals surface area contributed by atoms with E-state index in [4.69, 9.17) is 0 Å². The number of fused-ring (bicyclic) bond motifs is 1. The van der Waals surface area contributed by atoms with Crippen LogP contribution in [-0.2, 0) is 19.1 Å². The molecule has 1 aliphatic heterocycles. The summed E-state index contributed by atoms with van der Waals surface area (Å²) in [5.41, 5.74) is 1.08. The Kier molecular flexibility index (Phi) is 4.62. The smallest absolute Gasteiger partial charge is 0.334 e. The lowest BCUT2D eigenvalue weighted by Crippen LogP contribution is -2.14. The van der Waals surface area contributed by atoms with Crippen molar-refractivity contribution in [2.24, 2.45) is 0 Å². The van der Waals surface area contributed by atoms with E-state index in [1.165, 1.54) is 0 Å². The zero-order valence-corrected chi connectivity index (χ0v) is 14.8. The summed E-state index contributed by atoms with van der Waals surface area (Å²) in [6, 6.07) is 9.13. The highest BCUT2D eigenvalue weighted by atomic mass is 19.4. The van der Waals surface area contributed by atoms with Crippen molar-refractivity contribution in [1.82, 2.24) is 14.5 Å². The molecule has 1 amide bonds. The molecule has 1 aliphatic rings. The Hall–Kier alpha value is -3.16. The van der Waals surface area contributed by atoms with Crippen molar-refractivity contribution in [2.75, 3.05) is 5.32 Å². The van der Waals surface area contributed by atoms with Gasteiger partial charge in [-0.3, -0.25) is 9.78 Å². The maximum atomic E-state index is 12.6. The highest BCUT2D eigenvalue weighted by molar-refractivity contribution is 6.05. The van der Waals surface area contributed by atoms with Crippen molar-refractivity contribution in [3.63, 3.8) is 0 Å². The lowest BCUT2D eigenvalue weighted by Gasteiger charge is -2.11. The number of hydrogen-bond acceptors (Lipinski definition) is 3. The molecule has 8 heteroatoms. The molecule has 0 saturated carbocycles. The van der Waals surface area contributed by atoms with Crippen molar-refractivity contribution in [3.8, 4) is 11.3 Å². The molecule has 0 atom stereocenters. The van der Waals surface area contributed by atoms with Gasteiger partial charge in [0.1, 0.15) is 11.5 Å². The van der Waals surface area contributed by atoms with E-state index in [1.807, 2.05) is 18.3 Å². The van der Waals surface area contributed by atoms with Crippen molar-refractivity contribution in [1.29, 1.82) is 0 Å². The standard InChI is InChI=1S/C20H17F3N4O/c21-20(22,23)17-9-8-13(11-24-17)19(28)26-15-6-2-1-5-14(15)16-12-27-10-4-3-7-18(27)25-16/h1-2,5-6,8-9,11-12H,3-4,7,10H2,(H,26,28). The number of rotatable bonds is 3. The molecule has 144 valence electrons. The van der Waals surface area contributed by atoms with E-state index in [0.717, 1.165) is 61.2 Å². The van der Waals surface area contributed by atoms with Crippen LogP contribution >= 0.6 is 0 Å². The molecule has 1 aromatic carbocycles. The van der Waals surface area contributed by atoms with Gasteiger partial charge >= 0.3 is 6.18 Å². The number of nitrogens with zero attached hydrogens (tertiary/aromatic N) is 3. The molecule has 4 rings (SSSR count). The fraction of sp³-hybridized carbons (Fsp3) is 0.250. The Balaban J connectivity index is 1.59. The Morgan fingerprint density at radius 2 is 1.93 bits per heavy atom. The van der Waals surface area contributed by atoms with Crippen LogP contribution in [-0.4, -0.2) is 20.4 Å². The minimum absolute atomic E-state index is 0.0481. The molecule has 2 aromatic heterocycles. The molecular weight excluding hydrogens is 369 g/mol. The number of carbonyl (C=O) groups is 1. The highest BCUT2D eigenvalue weighted by Gasteiger charge is 2.32. The van der Waals surface area contributed by atoms with Crippen LogP contribution < -0.4 is 5.32 Å². The summed E-state index contributed by atoms with van der Waals surface area (Å²) in [6.45, 7) is 0.925. The summed E-state index contributed by atoms with van der Waals surface area (Å²) in [5, 5.41) is 2.75. The Morgan fingerprint density at radius 1 is 1.11 bits per heavy atom. The molecule has 3 aromatic rings. The molecule has 0 bridgehead atoms. The number of carbonyl (C=O) groups excluding carboxylic acids is 1. The first-order valence-corrected chi connectivity index (χ1v) is 8.92. The first-order chi connectivity index (χ1) is 13.4. The van der Waals surface area contributed by atoms with Gasteiger partial charge in [-0.05, 0) is 31.0 Å². The molecule has 0 aliphatic carbocycles. The molecule has 1 N–H and O–H groups in total. The van der Waals surface area contributed by atoms with Crippen LogP contribution in [0.5, 0.6) is 0 Å². The summed E-state index contributed by atoms with van der Waals surface area (Å²) in [7, 11) is 0. The Bertz CT molecular complexity index is 986. The predicted octanol–water partition coefficient (Wildman–Crippen LogP) is 4.55. The molecule has 3 heterocycles. The van der Waals surface area contributed by atoms with Gasteiger partial charge in [-0.15, -0.1) is 0 Å². The molecular formula is C20H17F3N4O. The third-order valence-electron chi connectivity index (χ3n) is 4.68. The van der Waals surface area contributed by atoms with Gasteiger partial charge < -0.3 is 9.88 Å². The number of imidazole rings is 1. The molecule has 0 radical (unpaired) electrons. The number of halogens is 3. The van der Waals surface area contributed by atoms with Crippen molar-refractivity contribution >= 4 is 11.6 Å².